The normalized spacial score (nSPS) is 16.8. The fourth-order valence-electron chi connectivity index (χ4n) is 2.09. The molecule has 2 rings (SSSR count). The molecule has 0 spiro atoms. The van der Waals surface area contributed by atoms with Crippen molar-refractivity contribution in [3.8, 4) is 0 Å². The van der Waals surface area contributed by atoms with E-state index in [-0.39, 0.29) is 5.56 Å². The summed E-state index contributed by atoms with van der Waals surface area (Å²) in [7, 11) is 0. The van der Waals surface area contributed by atoms with E-state index >= 15 is 0 Å². The number of piperidine rings is 1. The van der Waals surface area contributed by atoms with Crippen molar-refractivity contribution in [3.05, 3.63) is 21.0 Å². The number of rotatable bonds is 4. The lowest BCUT2D eigenvalue weighted by Crippen LogP contribution is -2.36. The molecule has 1 aromatic heterocycles. The minimum Gasteiger partial charge on any atom is -0.316 e. The van der Waals surface area contributed by atoms with Crippen LogP contribution in [0.4, 0.5) is 5.69 Å². The molecule has 5 nitrogen and oxygen atoms in total. The Hall–Kier alpha value is -0.880. The molecule has 100 valence electrons. The van der Waals surface area contributed by atoms with Gasteiger partial charge in [0.05, 0.1) is 11.9 Å². The van der Waals surface area contributed by atoms with E-state index in [1.165, 1.54) is 23.9 Å². The van der Waals surface area contributed by atoms with Crippen LogP contribution in [0.15, 0.2) is 15.5 Å². The number of nitrogens with one attached hydrogen (secondary N) is 1. The van der Waals surface area contributed by atoms with Crippen molar-refractivity contribution >= 4 is 21.6 Å². The van der Waals surface area contributed by atoms with Gasteiger partial charge in [-0.2, -0.15) is 5.10 Å². The fraction of sp³-hybridized carbons (Fsp3) is 0.667. The molecule has 1 aliphatic rings. The van der Waals surface area contributed by atoms with Gasteiger partial charge in [0, 0.05) is 19.6 Å². The smallest absolute Gasteiger partial charge is 0.283 e. The van der Waals surface area contributed by atoms with Crippen LogP contribution in [0, 0.1) is 0 Å². The molecule has 1 aliphatic heterocycles. The first-order chi connectivity index (χ1) is 8.72. The Morgan fingerprint density at radius 2 is 2.11 bits per heavy atom. The van der Waals surface area contributed by atoms with E-state index < -0.39 is 0 Å². The number of anilines is 1. The molecule has 1 N–H and O–H groups in total. The topological polar surface area (TPSA) is 50.2 Å². The van der Waals surface area contributed by atoms with E-state index in [1.54, 1.807) is 6.20 Å². The molecule has 6 heteroatoms. The maximum atomic E-state index is 12.0. The average Bonchev–Trinajstić information content (AvgIpc) is 2.40. The quantitative estimate of drug-likeness (QED) is 0.926. The Kier molecular flexibility index (Phi) is 4.77. The zero-order chi connectivity index (χ0) is 13.0. The number of aromatic nitrogens is 2. The molecule has 0 saturated carbocycles. The second-order valence-electron chi connectivity index (χ2n) is 4.56. The van der Waals surface area contributed by atoms with Gasteiger partial charge in [-0.25, -0.2) is 9.69 Å². The third-order valence-corrected chi connectivity index (χ3v) is 3.82. The number of aryl methyl sites for hydroxylation is 1. The molecule has 0 aromatic carbocycles. The predicted molar refractivity (Wildman–Crippen MR) is 75.5 cm³/mol. The summed E-state index contributed by atoms with van der Waals surface area (Å²) in [4.78, 5) is 12.0. The number of hydrazine groups is 1. The van der Waals surface area contributed by atoms with Crippen LogP contribution >= 0.6 is 15.9 Å². The maximum Gasteiger partial charge on any atom is 0.283 e. The molecule has 1 aromatic rings. The molecule has 2 heterocycles. The first kappa shape index (κ1) is 13.5. The number of halogens is 1. The van der Waals surface area contributed by atoms with Gasteiger partial charge in [-0.1, -0.05) is 13.3 Å². The third-order valence-electron chi connectivity index (χ3n) is 3.05. The summed E-state index contributed by atoms with van der Waals surface area (Å²) in [6, 6.07) is 0. The van der Waals surface area contributed by atoms with Crippen molar-refractivity contribution in [2.75, 3.05) is 18.5 Å². The van der Waals surface area contributed by atoms with Crippen molar-refractivity contribution in [1.29, 1.82) is 0 Å². The monoisotopic (exact) mass is 314 g/mol. The highest BCUT2D eigenvalue weighted by Gasteiger charge is 2.13. The van der Waals surface area contributed by atoms with Crippen LogP contribution in [0.3, 0.4) is 0 Å². The SMILES string of the molecule is CCCn1ncc(NN2CCCCC2)c(Br)c1=O. The Morgan fingerprint density at radius 1 is 1.39 bits per heavy atom. The van der Waals surface area contributed by atoms with E-state index in [0.717, 1.165) is 25.2 Å². The van der Waals surface area contributed by atoms with E-state index in [4.69, 9.17) is 0 Å². The van der Waals surface area contributed by atoms with Crippen molar-refractivity contribution in [2.45, 2.75) is 39.2 Å². The lowest BCUT2D eigenvalue weighted by Gasteiger charge is -2.28. The van der Waals surface area contributed by atoms with Crippen LogP contribution in [0.1, 0.15) is 32.6 Å². The molecule has 0 radical (unpaired) electrons. The predicted octanol–water partition coefficient (Wildman–Crippen LogP) is 2.23. The molecule has 18 heavy (non-hydrogen) atoms. The molecular weight excluding hydrogens is 296 g/mol. The minimum absolute atomic E-state index is 0.0705. The molecule has 0 unspecified atom stereocenters. The maximum absolute atomic E-state index is 12.0. The number of hydrogen-bond donors (Lipinski definition) is 1. The van der Waals surface area contributed by atoms with Gasteiger partial charge in [-0.05, 0) is 35.2 Å². The Labute approximate surface area is 115 Å². The summed E-state index contributed by atoms with van der Waals surface area (Å²) in [5.41, 5.74) is 3.96. The first-order valence-corrected chi connectivity index (χ1v) is 7.29. The van der Waals surface area contributed by atoms with Crippen LogP contribution in [0.2, 0.25) is 0 Å². The molecule has 1 fully saturated rings. The Bertz CT molecular complexity index is 454. The Balaban J connectivity index is 2.13. The van der Waals surface area contributed by atoms with E-state index in [2.05, 4.69) is 31.5 Å². The van der Waals surface area contributed by atoms with Gasteiger partial charge < -0.3 is 5.43 Å². The van der Waals surface area contributed by atoms with E-state index in [1.807, 2.05) is 6.92 Å². The van der Waals surface area contributed by atoms with Gasteiger partial charge in [0.2, 0.25) is 0 Å². The van der Waals surface area contributed by atoms with Gasteiger partial charge in [0.15, 0.2) is 0 Å². The second kappa shape index (κ2) is 6.33. The lowest BCUT2D eigenvalue weighted by molar-refractivity contribution is 0.273. The van der Waals surface area contributed by atoms with Gasteiger partial charge in [-0.15, -0.1) is 0 Å². The second-order valence-corrected chi connectivity index (χ2v) is 5.35. The molecular formula is C12H19BrN4O. The third kappa shape index (κ3) is 3.11. The van der Waals surface area contributed by atoms with Crippen molar-refractivity contribution < 1.29 is 0 Å². The zero-order valence-corrected chi connectivity index (χ0v) is 12.2. The minimum atomic E-state index is -0.0705. The molecule has 0 atom stereocenters. The van der Waals surface area contributed by atoms with Crippen LogP contribution in [-0.4, -0.2) is 27.9 Å². The Morgan fingerprint density at radius 3 is 2.78 bits per heavy atom. The molecule has 0 amide bonds. The summed E-state index contributed by atoms with van der Waals surface area (Å²) >= 11 is 3.37. The van der Waals surface area contributed by atoms with Crippen molar-refractivity contribution in [2.24, 2.45) is 0 Å². The largest absolute Gasteiger partial charge is 0.316 e. The first-order valence-electron chi connectivity index (χ1n) is 6.49. The van der Waals surface area contributed by atoms with Gasteiger partial charge in [0.1, 0.15) is 4.47 Å². The van der Waals surface area contributed by atoms with Crippen LogP contribution in [0.25, 0.3) is 0 Å². The molecule has 0 aliphatic carbocycles. The van der Waals surface area contributed by atoms with Crippen molar-refractivity contribution in [3.63, 3.8) is 0 Å². The summed E-state index contributed by atoms with van der Waals surface area (Å²) in [6.45, 7) is 4.72. The number of hydrogen-bond acceptors (Lipinski definition) is 4. The summed E-state index contributed by atoms with van der Waals surface area (Å²) in [5, 5.41) is 6.33. The van der Waals surface area contributed by atoms with Crippen LogP contribution < -0.4 is 11.0 Å². The summed E-state index contributed by atoms with van der Waals surface area (Å²) in [6.07, 6.45) is 6.31. The standard InChI is InChI=1S/C12H19BrN4O/c1-2-6-17-12(18)11(13)10(9-14-17)15-16-7-4-3-5-8-16/h9,15H,2-8H2,1H3. The summed E-state index contributed by atoms with van der Waals surface area (Å²) < 4.78 is 2.06. The van der Waals surface area contributed by atoms with Crippen molar-refractivity contribution in [1.82, 2.24) is 14.8 Å². The van der Waals surface area contributed by atoms with Gasteiger partial charge >= 0.3 is 0 Å². The van der Waals surface area contributed by atoms with Gasteiger partial charge in [-0.3, -0.25) is 4.79 Å². The zero-order valence-electron chi connectivity index (χ0n) is 10.7. The van der Waals surface area contributed by atoms with E-state index in [0.29, 0.717) is 11.0 Å². The highest BCUT2D eigenvalue weighted by molar-refractivity contribution is 9.10. The van der Waals surface area contributed by atoms with Crippen LogP contribution in [-0.2, 0) is 6.54 Å². The number of nitrogens with zero attached hydrogens (tertiary/aromatic N) is 3. The lowest BCUT2D eigenvalue weighted by atomic mass is 10.2. The highest BCUT2D eigenvalue weighted by atomic mass is 79.9. The highest BCUT2D eigenvalue weighted by Crippen LogP contribution is 2.18. The fourth-order valence-corrected chi connectivity index (χ4v) is 2.49. The van der Waals surface area contributed by atoms with E-state index in [9.17, 15) is 4.79 Å². The van der Waals surface area contributed by atoms with Gasteiger partial charge in [0.25, 0.3) is 5.56 Å². The molecule has 0 bridgehead atoms. The molecule has 1 saturated heterocycles. The average molecular weight is 315 g/mol. The van der Waals surface area contributed by atoms with Crippen LogP contribution in [0.5, 0.6) is 0 Å². The summed E-state index contributed by atoms with van der Waals surface area (Å²) in [5.74, 6) is 0.